The van der Waals surface area contributed by atoms with Gasteiger partial charge in [0.2, 0.25) is 23.1 Å². The van der Waals surface area contributed by atoms with Crippen molar-refractivity contribution in [1.29, 1.82) is 0 Å². The van der Waals surface area contributed by atoms with Gasteiger partial charge in [-0.15, -0.1) is 6.42 Å². The Balaban J connectivity index is 3.40. The number of carbonyl (C=O) groups is 2. The molecule has 4 nitrogen and oxygen atoms in total. The Morgan fingerprint density at radius 3 is 1.93 bits per heavy atom. The first-order valence-corrected chi connectivity index (χ1v) is 4.17. The van der Waals surface area contributed by atoms with Crippen LogP contribution >= 0.6 is 0 Å². The van der Waals surface area contributed by atoms with Crippen molar-refractivity contribution in [2.75, 3.05) is 14.2 Å². The van der Waals surface area contributed by atoms with Crippen molar-refractivity contribution in [3.05, 3.63) is 22.7 Å². The maximum Gasteiger partial charge on any atom is 0.240 e. The van der Waals surface area contributed by atoms with E-state index in [1.165, 1.54) is 21.1 Å². The summed E-state index contributed by atoms with van der Waals surface area (Å²) >= 11 is 0. The molecule has 0 spiro atoms. The van der Waals surface area contributed by atoms with Crippen molar-refractivity contribution in [3.8, 4) is 12.3 Å². The lowest BCUT2D eigenvalue weighted by molar-refractivity contribution is -0.120. The lowest BCUT2D eigenvalue weighted by Gasteiger charge is -2.17. The Bertz CT molecular complexity index is 432. The molecule has 15 heavy (non-hydrogen) atoms. The summed E-state index contributed by atoms with van der Waals surface area (Å²) < 4.78 is 9.63. The predicted octanol–water partition coefficient (Wildman–Crippen LogP) is 0.592. The van der Waals surface area contributed by atoms with Crippen LogP contribution in [-0.2, 0) is 19.1 Å². The summed E-state index contributed by atoms with van der Waals surface area (Å²) in [5.74, 6) is 1.04. The molecule has 0 aliphatic heterocycles. The van der Waals surface area contributed by atoms with Gasteiger partial charge < -0.3 is 9.47 Å². The van der Waals surface area contributed by atoms with Crippen LogP contribution in [0.1, 0.15) is 6.92 Å². The van der Waals surface area contributed by atoms with Crippen molar-refractivity contribution in [3.63, 3.8) is 0 Å². The number of Topliss-reactive ketones (excluding diaryl/α,β-unsaturated/α-hetero) is 2. The second-order valence-corrected chi connectivity index (χ2v) is 2.87. The zero-order chi connectivity index (χ0) is 11.6. The quantitative estimate of drug-likeness (QED) is 0.490. The maximum atomic E-state index is 11.7. The van der Waals surface area contributed by atoms with E-state index in [1.54, 1.807) is 0 Å². The van der Waals surface area contributed by atoms with Gasteiger partial charge >= 0.3 is 0 Å². The lowest BCUT2D eigenvalue weighted by Crippen LogP contribution is -2.24. The van der Waals surface area contributed by atoms with Crippen molar-refractivity contribution >= 4 is 11.6 Å². The van der Waals surface area contributed by atoms with Gasteiger partial charge in [0.15, 0.2) is 0 Å². The summed E-state index contributed by atoms with van der Waals surface area (Å²) in [5, 5.41) is 0. The van der Waals surface area contributed by atoms with Crippen LogP contribution < -0.4 is 0 Å². The molecule has 1 aliphatic carbocycles. The standard InChI is InChI=1S/C11H10O4/c1-5-7-6(2)8(12)10(14-3)11(15-4)9(7)13/h1H,2-4H3. The Labute approximate surface area is 87.6 Å². The fourth-order valence-electron chi connectivity index (χ4n) is 1.32. The first-order chi connectivity index (χ1) is 7.08. The molecule has 0 unspecified atom stereocenters. The molecule has 0 fully saturated rings. The van der Waals surface area contributed by atoms with Crippen LogP contribution in [0.25, 0.3) is 0 Å². The molecule has 0 N–H and O–H groups in total. The Hall–Kier alpha value is -2.02. The second kappa shape index (κ2) is 4.01. The van der Waals surface area contributed by atoms with Gasteiger partial charge in [-0.3, -0.25) is 9.59 Å². The molecular weight excluding hydrogens is 196 g/mol. The van der Waals surface area contributed by atoms with Gasteiger partial charge in [-0.05, 0) is 6.92 Å². The minimum atomic E-state index is -0.492. The maximum absolute atomic E-state index is 11.7. The number of ketones is 2. The van der Waals surface area contributed by atoms with E-state index in [9.17, 15) is 9.59 Å². The molecule has 1 aliphatic rings. The van der Waals surface area contributed by atoms with Gasteiger partial charge in [0.25, 0.3) is 0 Å². The van der Waals surface area contributed by atoms with Crippen LogP contribution in [0.2, 0.25) is 0 Å². The van der Waals surface area contributed by atoms with E-state index in [2.05, 4.69) is 5.92 Å². The second-order valence-electron chi connectivity index (χ2n) is 2.87. The van der Waals surface area contributed by atoms with E-state index in [0.29, 0.717) is 0 Å². The highest BCUT2D eigenvalue weighted by atomic mass is 16.5. The number of allylic oxidation sites excluding steroid dienone is 2. The van der Waals surface area contributed by atoms with Crippen molar-refractivity contribution < 1.29 is 19.1 Å². The van der Waals surface area contributed by atoms with Gasteiger partial charge in [-0.25, -0.2) is 0 Å². The molecule has 0 saturated carbocycles. The third kappa shape index (κ3) is 1.52. The van der Waals surface area contributed by atoms with Crippen LogP contribution in [0.3, 0.4) is 0 Å². The zero-order valence-electron chi connectivity index (χ0n) is 8.71. The van der Waals surface area contributed by atoms with Crippen molar-refractivity contribution in [1.82, 2.24) is 0 Å². The summed E-state index contributed by atoms with van der Waals surface area (Å²) in [4.78, 5) is 23.4. The van der Waals surface area contributed by atoms with Gasteiger partial charge in [0, 0.05) is 5.57 Å². The highest BCUT2D eigenvalue weighted by Crippen LogP contribution is 2.24. The molecule has 0 heterocycles. The van der Waals surface area contributed by atoms with Crippen LogP contribution in [0.15, 0.2) is 22.7 Å². The van der Waals surface area contributed by atoms with E-state index < -0.39 is 11.6 Å². The Morgan fingerprint density at radius 1 is 1.07 bits per heavy atom. The summed E-state index contributed by atoms with van der Waals surface area (Å²) in [6.45, 7) is 1.49. The lowest BCUT2D eigenvalue weighted by atomic mass is 9.94. The number of ether oxygens (including phenoxy) is 2. The van der Waals surface area contributed by atoms with Gasteiger partial charge in [0.1, 0.15) is 0 Å². The van der Waals surface area contributed by atoms with Gasteiger partial charge in [0.05, 0.1) is 19.8 Å². The Kier molecular flexibility index (Phi) is 2.96. The number of carbonyl (C=O) groups excluding carboxylic acids is 2. The fraction of sp³-hybridized carbons (Fsp3) is 0.273. The smallest absolute Gasteiger partial charge is 0.240 e. The predicted molar refractivity (Wildman–Crippen MR) is 52.6 cm³/mol. The summed E-state index contributed by atoms with van der Waals surface area (Å²) in [6.07, 6.45) is 5.15. The number of rotatable bonds is 2. The summed E-state index contributed by atoms with van der Waals surface area (Å²) in [6, 6.07) is 0. The third-order valence-electron chi connectivity index (χ3n) is 2.11. The largest absolute Gasteiger partial charge is 0.489 e. The fourth-order valence-corrected chi connectivity index (χ4v) is 1.32. The number of hydrogen-bond acceptors (Lipinski definition) is 4. The average Bonchev–Trinajstić information content (AvgIpc) is 2.23. The SMILES string of the molecule is C#CC1=C(C)C(=O)C(OC)=C(OC)C1=O. The molecule has 0 bridgehead atoms. The van der Waals surface area contributed by atoms with Crippen LogP contribution in [0, 0.1) is 12.3 Å². The van der Waals surface area contributed by atoms with Crippen molar-refractivity contribution in [2.24, 2.45) is 0 Å². The first kappa shape index (κ1) is 11.1. The van der Waals surface area contributed by atoms with E-state index in [1.807, 2.05) is 0 Å². The monoisotopic (exact) mass is 206 g/mol. The first-order valence-electron chi connectivity index (χ1n) is 4.17. The minimum Gasteiger partial charge on any atom is -0.489 e. The number of methoxy groups -OCH3 is 2. The van der Waals surface area contributed by atoms with E-state index >= 15 is 0 Å². The summed E-state index contributed by atoms with van der Waals surface area (Å²) in [5.41, 5.74) is 0.234. The normalized spacial score (nSPS) is 16.7. The molecule has 0 aromatic heterocycles. The Morgan fingerprint density at radius 2 is 1.53 bits per heavy atom. The van der Waals surface area contributed by atoms with Crippen molar-refractivity contribution in [2.45, 2.75) is 6.92 Å². The van der Waals surface area contributed by atoms with E-state index in [4.69, 9.17) is 15.9 Å². The molecule has 78 valence electrons. The van der Waals surface area contributed by atoms with E-state index in [-0.39, 0.29) is 22.7 Å². The van der Waals surface area contributed by atoms with Gasteiger partial charge in [-0.1, -0.05) is 5.92 Å². The molecule has 0 saturated heterocycles. The van der Waals surface area contributed by atoms with Crippen LogP contribution in [-0.4, -0.2) is 25.8 Å². The van der Waals surface area contributed by atoms with Gasteiger partial charge in [-0.2, -0.15) is 0 Å². The molecule has 0 radical (unpaired) electrons. The molecule has 0 atom stereocenters. The molecule has 0 aromatic carbocycles. The van der Waals surface area contributed by atoms with E-state index in [0.717, 1.165) is 0 Å². The van der Waals surface area contributed by atoms with Crippen LogP contribution in [0.4, 0.5) is 0 Å². The topological polar surface area (TPSA) is 52.6 Å². The molecule has 0 aromatic rings. The molecule has 4 heteroatoms. The minimum absolute atomic E-state index is 0.0256. The molecule has 1 rings (SSSR count). The summed E-state index contributed by atoms with van der Waals surface area (Å²) in [7, 11) is 2.59. The number of hydrogen-bond donors (Lipinski definition) is 0. The average molecular weight is 206 g/mol. The highest BCUT2D eigenvalue weighted by Gasteiger charge is 2.33. The third-order valence-corrected chi connectivity index (χ3v) is 2.11. The zero-order valence-corrected chi connectivity index (χ0v) is 8.71. The molecule has 0 amide bonds. The van der Waals surface area contributed by atoms with Crippen LogP contribution in [0.5, 0.6) is 0 Å². The molecular formula is C11H10O4. The number of terminal acetylenes is 1. The highest BCUT2D eigenvalue weighted by molar-refractivity contribution is 6.25.